The van der Waals surface area contributed by atoms with Crippen LogP contribution in [0.2, 0.25) is 0 Å². The molecule has 0 amide bonds. The lowest BCUT2D eigenvalue weighted by Crippen LogP contribution is -2.11. The maximum absolute atomic E-state index is 11.1. The van der Waals surface area contributed by atoms with Crippen LogP contribution in [0.3, 0.4) is 0 Å². The van der Waals surface area contributed by atoms with Crippen molar-refractivity contribution in [2.75, 3.05) is 0 Å². The topological polar surface area (TPSA) is 76.5 Å². The third-order valence-electron chi connectivity index (χ3n) is 1.74. The van der Waals surface area contributed by atoms with Crippen LogP contribution < -0.4 is 5.69 Å². The Hall–Kier alpha value is -1.98. The van der Waals surface area contributed by atoms with Gasteiger partial charge in [0.05, 0.1) is 11.9 Å². The predicted molar refractivity (Wildman–Crippen MR) is 49.6 cm³/mol. The van der Waals surface area contributed by atoms with Crippen LogP contribution in [-0.2, 0) is 7.05 Å². The molecule has 1 N–H and O–H groups in total. The molecule has 0 unspecified atom stereocenters. The van der Waals surface area contributed by atoms with Gasteiger partial charge in [-0.15, -0.1) is 5.10 Å². The fraction of sp³-hybridized carbons (Fsp3) is 0.250. The minimum Gasteiger partial charge on any atom is -0.310 e. The molecule has 2 aromatic heterocycles. The van der Waals surface area contributed by atoms with Gasteiger partial charge in [0, 0.05) is 12.7 Å². The summed E-state index contributed by atoms with van der Waals surface area (Å²) < 4.78 is 1.56. The lowest BCUT2D eigenvalue weighted by Gasteiger charge is -1.95. The Labute approximate surface area is 79.6 Å². The molecule has 0 saturated heterocycles. The predicted octanol–water partition coefficient (Wildman–Crippen LogP) is -0.126. The van der Waals surface area contributed by atoms with Crippen LogP contribution >= 0.6 is 0 Å². The Kier molecular flexibility index (Phi) is 1.88. The van der Waals surface area contributed by atoms with E-state index >= 15 is 0 Å². The van der Waals surface area contributed by atoms with E-state index in [1.165, 1.54) is 0 Å². The molecule has 2 rings (SSSR count). The summed E-state index contributed by atoms with van der Waals surface area (Å²) in [4.78, 5) is 17.4. The second-order valence-corrected chi connectivity index (χ2v) is 3.03. The molecule has 0 atom stereocenters. The highest BCUT2D eigenvalue weighted by atomic mass is 16.1. The normalized spacial score (nSPS) is 10.4. The quantitative estimate of drug-likeness (QED) is 0.681. The smallest absolute Gasteiger partial charge is 0.310 e. The first-order chi connectivity index (χ1) is 6.65. The maximum atomic E-state index is 11.1. The lowest BCUT2D eigenvalue weighted by atomic mass is 10.3. The van der Waals surface area contributed by atoms with Crippen molar-refractivity contribution in [1.29, 1.82) is 0 Å². The molecule has 0 saturated carbocycles. The zero-order valence-corrected chi connectivity index (χ0v) is 7.85. The second kappa shape index (κ2) is 3.06. The summed E-state index contributed by atoms with van der Waals surface area (Å²) in [6.45, 7) is 1.79. The Bertz CT molecular complexity index is 512. The number of rotatable bonds is 1. The summed E-state index contributed by atoms with van der Waals surface area (Å²) in [6, 6.07) is 1.76. The fourth-order valence-corrected chi connectivity index (χ4v) is 1.18. The van der Waals surface area contributed by atoms with Gasteiger partial charge in [0.1, 0.15) is 5.69 Å². The van der Waals surface area contributed by atoms with E-state index < -0.39 is 0 Å². The molecule has 72 valence electrons. The molecule has 0 radical (unpaired) electrons. The second-order valence-electron chi connectivity index (χ2n) is 3.03. The van der Waals surface area contributed by atoms with Crippen LogP contribution in [0, 0.1) is 6.92 Å². The van der Waals surface area contributed by atoms with Gasteiger partial charge >= 0.3 is 5.69 Å². The highest BCUT2D eigenvalue weighted by molar-refractivity contribution is 5.51. The standard InChI is InChI=1S/C8H9N5O/c1-5-3-6(10-8(14)9-5)7-4-13(2)12-11-7/h3-4H,1-2H3,(H,9,10,14). The summed E-state index contributed by atoms with van der Waals surface area (Å²) in [5.41, 5.74) is 1.53. The van der Waals surface area contributed by atoms with E-state index in [9.17, 15) is 4.79 Å². The van der Waals surface area contributed by atoms with Crippen molar-refractivity contribution < 1.29 is 0 Å². The number of hydrogen-bond acceptors (Lipinski definition) is 4. The van der Waals surface area contributed by atoms with Gasteiger partial charge in [0.25, 0.3) is 0 Å². The van der Waals surface area contributed by atoms with Crippen molar-refractivity contribution in [2.24, 2.45) is 7.05 Å². The molecule has 0 aliphatic heterocycles. The SMILES string of the molecule is Cc1cc(-c2cn(C)nn2)nc(=O)[nH]1. The monoisotopic (exact) mass is 191 g/mol. The number of aromatic nitrogens is 5. The lowest BCUT2D eigenvalue weighted by molar-refractivity contribution is 0.715. The minimum atomic E-state index is -0.370. The Morgan fingerprint density at radius 3 is 2.79 bits per heavy atom. The van der Waals surface area contributed by atoms with Crippen LogP contribution in [-0.4, -0.2) is 25.0 Å². The zero-order valence-electron chi connectivity index (χ0n) is 7.85. The highest BCUT2D eigenvalue weighted by Crippen LogP contribution is 2.10. The van der Waals surface area contributed by atoms with E-state index in [-0.39, 0.29) is 5.69 Å². The van der Waals surface area contributed by atoms with Crippen molar-refractivity contribution in [1.82, 2.24) is 25.0 Å². The fourth-order valence-electron chi connectivity index (χ4n) is 1.18. The molecule has 0 aromatic carbocycles. The maximum Gasteiger partial charge on any atom is 0.345 e. The van der Waals surface area contributed by atoms with Crippen LogP contribution in [0.1, 0.15) is 5.69 Å². The molecule has 14 heavy (non-hydrogen) atoms. The molecule has 0 spiro atoms. The third kappa shape index (κ3) is 1.54. The van der Waals surface area contributed by atoms with Gasteiger partial charge in [0.15, 0.2) is 0 Å². The molecular formula is C8H9N5O. The van der Waals surface area contributed by atoms with E-state index in [4.69, 9.17) is 0 Å². The molecule has 0 bridgehead atoms. The number of nitrogens with one attached hydrogen (secondary N) is 1. The van der Waals surface area contributed by atoms with Crippen molar-refractivity contribution in [2.45, 2.75) is 6.92 Å². The molecular weight excluding hydrogens is 182 g/mol. The van der Waals surface area contributed by atoms with Crippen molar-refractivity contribution in [3.8, 4) is 11.4 Å². The van der Waals surface area contributed by atoms with Crippen LogP contribution in [0.15, 0.2) is 17.1 Å². The van der Waals surface area contributed by atoms with Crippen molar-refractivity contribution in [3.63, 3.8) is 0 Å². The number of nitrogens with zero attached hydrogens (tertiary/aromatic N) is 4. The number of H-pyrrole nitrogens is 1. The summed E-state index contributed by atoms with van der Waals surface area (Å²) in [7, 11) is 1.76. The molecule has 0 aliphatic rings. The van der Waals surface area contributed by atoms with E-state index in [2.05, 4.69) is 20.3 Å². The number of aromatic amines is 1. The summed E-state index contributed by atoms with van der Waals surface area (Å²) in [5, 5.41) is 7.63. The Morgan fingerprint density at radius 1 is 1.43 bits per heavy atom. The van der Waals surface area contributed by atoms with Gasteiger partial charge in [-0.05, 0) is 13.0 Å². The van der Waals surface area contributed by atoms with Crippen LogP contribution in [0.25, 0.3) is 11.4 Å². The van der Waals surface area contributed by atoms with Crippen LogP contribution in [0.5, 0.6) is 0 Å². The molecule has 2 heterocycles. The van der Waals surface area contributed by atoms with Crippen molar-refractivity contribution >= 4 is 0 Å². The minimum absolute atomic E-state index is 0.370. The average molecular weight is 191 g/mol. The van der Waals surface area contributed by atoms with Gasteiger partial charge in [0.2, 0.25) is 0 Å². The average Bonchev–Trinajstić information content (AvgIpc) is 2.50. The zero-order chi connectivity index (χ0) is 10.1. The molecule has 6 nitrogen and oxygen atoms in total. The number of aryl methyl sites for hydroxylation is 2. The summed E-state index contributed by atoms with van der Waals surface area (Å²) in [6.07, 6.45) is 1.71. The Balaban J connectivity index is 2.56. The van der Waals surface area contributed by atoms with E-state index in [0.29, 0.717) is 11.4 Å². The molecule has 6 heteroatoms. The van der Waals surface area contributed by atoms with E-state index in [1.807, 2.05) is 0 Å². The first kappa shape index (κ1) is 8.61. The highest BCUT2D eigenvalue weighted by Gasteiger charge is 2.04. The Morgan fingerprint density at radius 2 is 2.21 bits per heavy atom. The van der Waals surface area contributed by atoms with Crippen LogP contribution in [0.4, 0.5) is 0 Å². The van der Waals surface area contributed by atoms with Gasteiger partial charge in [-0.3, -0.25) is 4.68 Å². The first-order valence-electron chi connectivity index (χ1n) is 4.10. The van der Waals surface area contributed by atoms with Crippen molar-refractivity contribution in [3.05, 3.63) is 28.4 Å². The summed E-state index contributed by atoms with van der Waals surface area (Å²) in [5.74, 6) is 0. The van der Waals surface area contributed by atoms with E-state index in [0.717, 1.165) is 5.69 Å². The molecule has 0 fully saturated rings. The van der Waals surface area contributed by atoms with E-state index in [1.54, 1.807) is 30.9 Å². The van der Waals surface area contributed by atoms with Gasteiger partial charge in [-0.1, -0.05) is 5.21 Å². The first-order valence-corrected chi connectivity index (χ1v) is 4.10. The molecule has 2 aromatic rings. The molecule has 0 aliphatic carbocycles. The van der Waals surface area contributed by atoms with Gasteiger partial charge in [-0.2, -0.15) is 4.98 Å². The van der Waals surface area contributed by atoms with Gasteiger partial charge < -0.3 is 4.98 Å². The summed E-state index contributed by atoms with van der Waals surface area (Å²) >= 11 is 0. The number of hydrogen-bond donors (Lipinski definition) is 1. The largest absolute Gasteiger partial charge is 0.345 e. The van der Waals surface area contributed by atoms with Gasteiger partial charge in [-0.25, -0.2) is 4.79 Å². The third-order valence-corrected chi connectivity index (χ3v) is 1.74.